The van der Waals surface area contributed by atoms with E-state index in [1.165, 1.54) is 30.6 Å². The van der Waals surface area contributed by atoms with Crippen molar-refractivity contribution >= 4 is 10.9 Å². The molecule has 0 aliphatic carbocycles. The smallest absolute Gasteiger partial charge is 0.198 e. The van der Waals surface area contributed by atoms with E-state index < -0.39 is 0 Å². The van der Waals surface area contributed by atoms with Gasteiger partial charge in [-0.25, -0.2) is 0 Å². The highest BCUT2D eigenvalue weighted by Crippen LogP contribution is 2.24. The number of hydrogen-bond acceptors (Lipinski definition) is 2. The molecule has 0 atom stereocenters. The zero-order valence-electron chi connectivity index (χ0n) is 15.9. The van der Waals surface area contributed by atoms with Crippen LogP contribution >= 0.6 is 0 Å². The van der Waals surface area contributed by atoms with Gasteiger partial charge >= 0.3 is 0 Å². The van der Waals surface area contributed by atoms with E-state index in [9.17, 15) is 4.79 Å². The van der Waals surface area contributed by atoms with Crippen LogP contribution in [0.1, 0.15) is 36.9 Å². The number of likely N-dealkylation sites (tertiary alicyclic amines) is 1. The lowest BCUT2D eigenvalue weighted by atomic mass is 10.1. The summed E-state index contributed by atoms with van der Waals surface area (Å²) in [6.45, 7) is 5.14. The van der Waals surface area contributed by atoms with Gasteiger partial charge in [0, 0.05) is 16.6 Å². The van der Waals surface area contributed by atoms with Crippen molar-refractivity contribution < 1.29 is 9.64 Å². The van der Waals surface area contributed by atoms with Gasteiger partial charge in [0.25, 0.3) is 0 Å². The zero-order chi connectivity index (χ0) is 18.6. The monoisotopic (exact) mass is 363 g/mol. The van der Waals surface area contributed by atoms with E-state index in [4.69, 9.17) is 4.74 Å². The van der Waals surface area contributed by atoms with Crippen LogP contribution in [-0.2, 0) is 6.54 Å². The molecule has 3 aromatic rings. The van der Waals surface area contributed by atoms with Gasteiger partial charge in [0.05, 0.1) is 18.7 Å². The SMILES string of the molecule is Cc1[nH]c2ccc(Oc3ccccc3)cc2c(=O)c1C[NH+]1CCCCCC1. The van der Waals surface area contributed by atoms with Crippen LogP contribution < -0.4 is 15.1 Å². The van der Waals surface area contributed by atoms with E-state index >= 15 is 0 Å². The molecule has 4 rings (SSSR count). The number of rotatable bonds is 4. The Bertz CT molecular complexity index is 971. The molecule has 2 aromatic carbocycles. The molecular weight excluding hydrogens is 336 g/mol. The first-order valence-electron chi connectivity index (χ1n) is 9.93. The van der Waals surface area contributed by atoms with Gasteiger partial charge in [-0.3, -0.25) is 4.79 Å². The van der Waals surface area contributed by atoms with Crippen molar-refractivity contribution in [2.45, 2.75) is 39.2 Å². The fourth-order valence-corrected chi connectivity index (χ4v) is 3.99. The third kappa shape index (κ3) is 4.06. The molecule has 4 heteroatoms. The summed E-state index contributed by atoms with van der Waals surface area (Å²) < 4.78 is 5.92. The summed E-state index contributed by atoms with van der Waals surface area (Å²) >= 11 is 0. The number of aryl methyl sites for hydroxylation is 1. The van der Waals surface area contributed by atoms with Crippen LogP contribution in [0.25, 0.3) is 10.9 Å². The van der Waals surface area contributed by atoms with Gasteiger partial charge < -0.3 is 14.6 Å². The van der Waals surface area contributed by atoms with Gasteiger partial charge in [-0.15, -0.1) is 0 Å². The lowest BCUT2D eigenvalue weighted by Crippen LogP contribution is -3.10. The molecule has 1 aliphatic rings. The van der Waals surface area contributed by atoms with Crippen LogP contribution in [0.5, 0.6) is 11.5 Å². The Kier molecular flexibility index (Phi) is 5.26. The summed E-state index contributed by atoms with van der Waals surface area (Å²) in [5, 5.41) is 0.707. The van der Waals surface area contributed by atoms with E-state index in [2.05, 4.69) is 4.98 Å². The molecule has 0 radical (unpaired) electrons. The van der Waals surface area contributed by atoms with E-state index in [-0.39, 0.29) is 5.43 Å². The van der Waals surface area contributed by atoms with Gasteiger partial charge in [0.2, 0.25) is 0 Å². The second-order valence-electron chi connectivity index (χ2n) is 7.52. The molecule has 0 saturated carbocycles. The maximum atomic E-state index is 13.2. The van der Waals surface area contributed by atoms with E-state index in [1.54, 1.807) is 0 Å². The summed E-state index contributed by atoms with van der Waals surface area (Å²) in [7, 11) is 0. The molecule has 2 N–H and O–H groups in total. The molecular formula is C23H27N2O2+. The highest BCUT2D eigenvalue weighted by atomic mass is 16.5. The first-order chi connectivity index (χ1) is 13.2. The van der Waals surface area contributed by atoms with Crippen LogP contribution in [0.15, 0.2) is 53.3 Å². The number of aromatic amines is 1. The normalized spacial score (nSPS) is 15.6. The lowest BCUT2D eigenvalue weighted by molar-refractivity contribution is -0.913. The van der Waals surface area contributed by atoms with Crippen molar-refractivity contribution in [2.24, 2.45) is 0 Å². The minimum Gasteiger partial charge on any atom is -0.457 e. The number of nitrogens with one attached hydrogen (secondary N) is 2. The van der Waals surface area contributed by atoms with Crippen molar-refractivity contribution in [3.05, 3.63) is 70.0 Å². The Balaban J connectivity index is 1.67. The van der Waals surface area contributed by atoms with Gasteiger partial charge in [-0.2, -0.15) is 0 Å². The summed E-state index contributed by atoms with van der Waals surface area (Å²) in [6.07, 6.45) is 5.15. The lowest BCUT2D eigenvalue weighted by Gasteiger charge is -2.18. The summed E-state index contributed by atoms with van der Waals surface area (Å²) in [6, 6.07) is 15.4. The quantitative estimate of drug-likeness (QED) is 0.744. The average Bonchev–Trinajstić information content (AvgIpc) is 2.95. The molecule has 1 fully saturated rings. The molecule has 140 valence electrons. The second kappa shape index (κ2) is 7.97. The van der Waals surface area contributed by atoms with Crippen molar-refractivity contribution in [1.82, 2.24) is 4.98 Å². The van der Waals surface area contributed by atoms with Crippen LogP contribution in [0.2, 0.25) is 0 Å². The number of quaternary nitrogens is 1. The first-order valence-corrected chi connectivity index (χ1v) is 9.93. The Labute approximate surface area is 159 Å². The molecule has 0 amide bonds. The van der Waals surface area contributed by atoms with Crippen molar-refractivity contribution in [2.75, 3.05) is 13.1 Å². The molecule has 1 aromatic heterocycles. The number of hydrogen-bond donors (Lipinski definition) is 2. The van der Waals surface area contributed by atoms with Crippen molar-refractivity contribution in [3.8, 4) is 11.5 Å². The molecule has 2 heterocycles. The highest BCUT2D eigenvalue weighted by Gasteiger charge is 2.18. The Morgan fingerprint density at radius 3 is 2.44 bits per heavy atom. The van der Waals surface area contributed by atoms with E-state index in [0.29, 0.717) is 11.1 Å². The fraction of sp³-hybridized carbons (Fsp3) is 0.348. The Morgan fingerprint density at radius 2 is 1.70 bits per heavy atom. The van der Waals surface area contributed by atoms with Crippen molar-refractivity contribution in [3.63, 3.8) is 0 Å². The summed E-state index contributed by atoms with van der Waals surface area (Å²) in [4.78, 5) is 18.2. The number of H-pyrrole nitrogens is 1. The number of fused-ring (bicyclic) bond motifs is 1. The maximum absolute atomic E-state index is 13.2. The third-order valence-electron chi connectivity index (χ3n) is 5.50. The van der Waals surface area contributed by atoms with E-state index in [1.807, 2.05) is 55.5 Å². The minimum atomic E-state index is 0.136. The summed E-state index contributed by atoms with van der Waals surface area (Å²) in [5.41, 5.74) is 2.90. The highest BCUT2D eigenvalue weighted by molar-refractivity contribution is 5.81. The molecule has 1 aliphatic heterocycles. The minimum absolute atomic E-state index is 0.136. The van der Waals surface area contributed by atoms with Gasteiger partial charge in [-0.05, 0) is 62.9 Å². The predicted octanol–water partition coefficient (Wildman–Crippen LogP) is 3.59. The van der Waals surface area contributed by atoms with Crippen LogP contribution in [0.3, 0.4) is 0 Å². The number of pyridine rings is 1. The van der Waals surface area contributed by atoms with Gasteiger partial charge in [0.15, 0.2) is 5.43 Å². The van der Waals surface area contributed by atoms with Gasteiger partial charge in [-0.1, -0.05) is 18.2 Å². The number of aromatic nitrogens is 1. The maximum Gasteiger partial charge on any atom is 0.198 e. The molecule has 0 bridgehead atoms. The fourth-order valence-electron chi connectivity index (χ4n) is 3.99. The topological polar surface area (TPSA) is 46.5 Å². The number of ether oxygens (including phenoxy) is 1. The number of para-hydroxylation sites is 1. The molecule has 1 saturated heterocycles. The summed E-state index contributed by atoms with van der Waals surface area (Å²) in [5.74, 6) is 1.46. The average molecular weight is 363 g/mol. The van der Waals surface area contributed by atoms with Crippen LogP contribution in [0.4, 0.5) is 0 Å². The van der Waals surface area contributed by atoms with E-state index in [0.717, 1.165) is 42.2 Å². The van der Waals surface area contributed by atoms with Gasteiger partial charge in [0.1, 0.15) is 18.0 Å². The standard InChI is InChI=1S/C23H26N2O2/c1-17-21(16-25-13-7-2-3-8-14-25)23(26)20-15-19(11-12-22(20)24-17)27-18-9-5-4-6-10-18/h4-6,9-12,15H,2-3,7-8,13-14,16H2,1H3,(H,24,26)/p+1. The molecule has 27 heavy (non-hydrogen) atoms. The van der Waals surface area contributed by atoms with Crippen LogP contribution in [0, 0.1) is 6.92 Å². The number of benzene rings is 2. The predicted molar refractivity (Wildman–Crippen MR) is 109 cm³/mol. The first kappa shape index (κ1) is 17.8. The van der Waals surface area contributed by atoms with Crippen molar-refractivity contribution in [1.29, 1.82) is 0 Å². The molecule has 0 spiro atoms. The Morgan fingerprint density at radius 1 is 0.963 bits per heavy atom. The zero-order valence-corrected chi connectivity index (χ0v) is 15.9. The second-order valence-corrected chi connectivity index (χ2v) is 7.52. The molecule has 4 nitrogen and oxygen atoms in total. The largest absolute Gasteiger partial charge is 0.457 e. The third-order valence-corrected chi connectivity index (χ3v) is 5.50. The molecule has 0 unspecified atom stereocenters. The Hall–Kier alpha value is -2.59. The van der Waals surface area contributed by atoms with Crippen LogP contribution in [-0.4, -0.2) is 18.1 Å².